The highest BCUT2D eigenvalue weighted by Gasteiger charge is 2.05. The first kappa shape index (κ1) is 10.0. The summed E-state index contributed by atoms with van der Waals surface area (Å²) in [6.45, 7) is 4.43. The predicted molar refractivity (Wildman–Crippen MR) is 65.5 cm³/mol. The maximum atomic E-state index is 5.89. The quantitative estimate of drug-likeness (QED) is 0.645. The molecule has 0 saturated heterocycles. The van der Waals surface area contributed by atoms with Gasteiger partial charge in [-0.15, -0.1) is 22.9 Å². The lowest BCUT2D eigenvalue weighted by Gasteiger charge is -2.05. The summed E-state index contributed by atoms with van der Waals surface area (Å²) >= 11 is 7.66. The van der Waals surface area contributed by atoms with Gasteiger partial charge in [-0.25, -0.2) is 0 Å². The fourth-order valence-electron chi connectivity index (χ4n) is 1.56. The van der Waals surface area contributed by atoms with Gasteiger partial charge in [0.2, 0.25) is 0 Å². The van der Waals surface area contributed by atoms with Gasteiger partial charge < -0.3 is 0 Å². The highest BCUT2D eigenvalue weighted by Crippen LogP contribution is 2.30. The van der Waals surface area contributed by atoms with Crippen molar-refractivity contribution in [2.45, 2.75) is 25.6 Å². The SMILES string of the molecule is CC(C)c1ccc2scc(CCl)c2c1. The lowest BCUT2D eigenvalue weighted by Crippen LogP contribution is -1.86. The molecule has 2 rings (SSSR count). The Hall–Kier alpha value is -0.530. The molecule has 14 heavy (non-hydrogen) atoms. The van der Waals surface area contributed by atoms with Gasteiger partial charge in [0.15, 0.2) is 0 Å². The van der Waals surface area contributed by atoms with E-state index in [0.29, 0.717) is 11.8 Å². The Labute approximate surface area is 93.5 Å². The van der Waals surface area contributed by atoms with E-state index in [9.17, 15) is 0 Å². The van der Waals surface area contributed by atoms with Gasteiger partial charge in [0.1, 0.15) is 0 Å². The molecule has 0 aliphatic heterocycles. The van der Waals surface area contributed by atoms with Crippen LogP contribution in [0.1, 0.15) is 30.9 Å². The molecule has 0 spiro atoms. The van der Waals surface area contributed by atoms with Crippen LogP contribution < -0.4 is 0 Å². The predicted octanol–water partition coefficient (Wildman–Crippen LogP) is 4.76. The summed E-state index contributed by atoms with van der Waals surface area (Å²) in [5.74, 6) is 1.20. The minimum absolute atomic E-state index is 0.586. The highest BCUT2D eigenvalue weighted by molar-refractivity contribution is 7.17. The Morgan fingerprint density at radius 1 is 1.36 bits per heavy atom. The van der Waals surface area contributed by atoms with Crippen molar-refractivity contribution in [3.8, 4) is 0 Å². The Morgan fingerprint density at radius 2 is 2.14 bits per heavy atom. The molecule has 0 saturated carbocycles. The van der Waals surface area contributed by atoms with Crippen LogP contribution in [-0.2, 0) is 5.88 Å². The van der Waals surface area contributed by atoms with Gasteiger partial charge >= 0.3 is 0 Å². The number of halogens is 1. The second-order valence-electron chi connectivity index (χ2n) is 3.80. The van der Waals surface area contributed by atoms with E-state index in [-0.39, 0.29) is 0 Å². The molecule has 0 atom stereocenters. The second kappa shape index (κ2) is 3.92. The van der Waals surface area contributed by atoms with Crippen molar-refractivity contribution >= 4 is 33.0 Å². The third-order valence-corrected chi connectivity index (χ3v) is 3.79. The summed E-state index contributed by atoms with van der Waals surface area (Å²) in [5.41, 5.74) is 2.65. The number of hydrogen-bond acceptors (Lipinski definition) is 1. The van der Waals surface area contributed by atoms with Gasteiger partial charge in [0.25, 0.3) is 0 Å². The molecule has 1 aromatic carbocycles. The van der Waals surface area contributed by atoms with Crippen molar-refractivity contribution in [3.05, 3.63) is 34.7 Å². The lowest BCUT2D eigenvalue weighted by atomic mass is 10.0. The molecule has 0 amide bonds. The third-order valence-electron chi connectivity index (χ3n) is 2.49. The van der Waals surface area contributed by atoms with Crippen molar-refractivity contribution in [3.63, 3.8) is 0 Å². The number of rotatable bonds is 2. The van der Waals surface area contributed by atoms with E-state index in [0.717, 1.165) is 0 Å². The Morgan fingerprint density at radius 3 is 2.79 bits per heavy atom. The van der Waals surface area contributed by atoms with E-state index in [1.165, 1.54) is 21.2 Å². The van der Waals surface area contributed by atoms with Crippen LogP contribution in [0.2, 0.25) is 0 Å². The van der Waals surface area contributed by atoms with Crippen molar-refractivity contribution in [2.24, 2.45) is 0 Å². The first-order valence-electron chi connectivity index (χ1n) is 4.78. The zero-order chi connectivity index (χ0) is 10.1. The van der Waals surface area contributed by atoms with Gasteiger partial charge in [-0.2, -0.15) is 0 Å². The second-order valence-corrected chi connectivity index (χ2v) is 4.98. The van der Waals surface area contributed by atoms with Gasteiger partial charge in [0, 0.05) is 10.6 Å². The van der Waals surface area contributed by atoms with Gasteiger partial charge in [-0.05, 0) is 39.9 Å². The molecular weight excluding hydrogens is 212 g/mol. The minimum atomic E-state index is 0.586. The number of hydrogen-bond donors (Lipinski definition) is 0. The molecule has 0 aliphatic carbocycles. The number of fused-ring (bicyclic) bond motifs is 1. The molecule has 0 radical (unpaired) electrons. The molecule has 2 aromatic rings. The largest absolute Gasteiger partial charge is 0.143 e. The maximum absolute atomic E-state index is 5.89. The van der Waals surface area contributed by atoms with E-state index >= 15 is 0 Å². The molecule has 0 aliphatic rings. The monoisotopic (exact) mass is 224 g/mol. The standard InChI is InChI=1S/C12H13ClS/c1-8(2)9-3-4-12-11(5-9)10(6-13)7-14-12/h3-5,7-8H,6H2,1-2H3. The lowest BCUT2D eigenvalue weighted by molar-refractivity contribution is 0.869. The van der Waals surface area contributed by atoms with Gasteiger partial charge in [-0.1, -0.05) is 19.9 Å². The number of benzene rings is 1. The van der Waals surface area contributed by atoms with E-state index in [1.54, 1.807) is 11.3 Å². The van der Waals surface area contributed by atoms with Crippen LogP contribution in [0.4, 0.5) is 0 Å². The Kier molecular flexibility index (Phi) is 2.80. The van der Waals surface area contributed by atoms with E-state index < -0.39 is 0 Å². The number of thiophene rings is 1. The van der Waals surface area contributed by atoms with Crippen LogP contribution in [0.3, 0.4) is 0 Å². The maximum Gasteiger partial charge on any atom is 0.0488 e. The summed E-state index contributed by atoms with van der Waals surface area (Å²) in [7, 11) is 0. The first-order chi connectivity index (χ1) is 6.72. The molecule has 0 nitrogen and oxygen atoms in total. The molecule has 1 heterocycles. The zero-order valence-corrected chi connectivity index (χ0v) is 9.95. The van der Waals surface area contributed by atoms with Crippen molar-refractivity contribution in [1.82, 2.24) is 0 Å². The molecular formula is C12H13ClS. The Bertz CT molecular complexity index is 443. The normalized spacial score (nSPS) is 11.4. The topological polar surface area (TPSA) is 0 Å². The average molecular weight is 225 g/mol. The molecule has 0 N–H and O–H groups in total. The molecule has 0 fully saturated rings. The first-order valence-corrected chi connectivity index (χ1v) is 6.19. The summed E-state index contributed by atoms with van der Waals surface area (Å²) < 4.78 is 1.34. The molecule has 1 aromatic heterocycles. The summed E-state index contributed by atoms with van der Waals surface area (Å²) in [4.78, 5) is 0. The third kappa shape index (κ3) is 1.67. The van der Waals surface area contributed by atoms with Crippen LogP contribution in [0, 0.1) is 0 Å². The van der Waals surface area contributed by atoms with Crippen LogP contribution in [0.5, 0.6) is 0 Å². The summed E-state index contributed by atoms with van der Waals surface area (Å²) in [6, 6.07) is 6.68. The molecule has 0 unspecified atom stereocenters. The van der Waals surface area contributed by atoms with Crippen molar-refractivity contribution in [2.75, 3.05) is 0 Å². The van der Waals surface area contributed by atoms with E-state index in [4.69, 9.17) is 11.6 Å². The van der Waals surface area contributed by atoms with Crippen LogP contribution in [-0.4, -0.2) is 0 Å². The average Bonchev–Trinajstić information content (AvgIpc) is 2.59. The van der Waals surface area contributed by atoms with Crippen LogP contribution in [0.25, 0.3) is 10.1 Å². The fourth-order valence-corrected chi connectivity index (χ4v) is 2.82. The van der Waals surface area contributed by atoms with E-state index in [1.807, 2.05) is 0 Å². The minimum Gasteiger partial charge on any atom is -0.143 e. The highest BCUT2D eigenvalue weighted by atomic mass is 35.5. The van der Waals surface area contributed by atoms with Crippen LogP contribution in [0.15, 0.2) is 23.6 Å². The Balaban J connectivity index is 2.61. The van der Waals surface area contributed by atoms with Crippen LogP contribution >= 0.6 is 22.9 Å². The van der Waals surface area contributed by atoms with Crippen molar-refractivity contribution < 1.29 is 0 Å². The fraction of sp³-hybridized carbons (Fsp3) is 0.333. The van der Waals surface area contributed by atoms with Gasteiger partial charge in [-0.3, -0.25) is 0 Å². The molecule has 2 heteroatoms. The zero-order valence-electron chi connectivity index (χ0n) is 8.38. The van der Waals surface area contributed by atoms with Crippen molar-refractivity contribution in [1.29, 1.82) is 0 Å². The summed E-state index contributed by atoms with van der Waals surface area (Å²) in [5, 5.41) is 3.48. The molecule has 74 valence electrons. The summed E-state index contributed by atoms with van der Waals surface area (Å²) in [6.07, 6.45) is 0. The smallest absolute Gasteiger partial charge is 0.0488 e. The van der Waals surface area contributed by atoms with Gasteiger partial charge in [0.05, 0.1) is 0 Å². The number of alkyl halides is 1. The van der Waals surface area contributed by atoms with E-state index in [2.05, 4.69) is 37.4 Å². The molecule has 0 bridgehead atoms.